The average molecular weight is 268 g/mol. The number of nitrogens with one attached hydrogen (secondary N) is 1. The molecule has 0 aliphatic rings. The highest BCUT2D eigenvalue weighted by molar-refractivity contribution is 6.31. The van der Waals surface area contributed by atoms with Crippen molar-refractivity contribution in [2.75, 3.05) is 11.9 Å². The van der Waals surface area contributed by atoms with Crippen LogP contribution in [0, 0.1) is 10.8 Å². The van der Waals surface area contributed by atoms with Gasteiger partial charge in [0.1, 0.15) is 5.84 Å². The first kappa shape index (κ1) is 14.8. The molecule has 1 unspecified atom stereocenters. The molecule has 1 aromatic carbocycles. The number of rotatable bonds is 3. The van der Waals surface area contributed by atoms with Crippen LogP contribution in [-0.4, -0.2) is 18.9 Å². The van der Waals surface area contributed by atoms with Crippen molar-refractivity contribution >= 4 is 23.1 Å². The molecule has 1 rings (SSSR count). The maximum absolute atomic E-state index is 7.66. The highest BCUT2D eigenvalue weighted by atomic mass is 35.5. The van der Waals surface area contributed by atoms with Gasteiger partial charge in [0.25, 0.3) is 0 Å². The van der Waals surface area contributed by atoms with E-state index in [0.717, 1.165) is 5.69 Å². The van der Waals surface area contributed by atoms with Crippen LogP contribution >= 0.6 is 11.6 Å². The predicted molar refractivity (Wildman–Crippen MR) is 79.8 cm³/mol. The number of hydrogen-bond donors (Lipinski definition) is 2. The van der Waals surface area contributed by atoms with Gasteiger partial charge in [-0.2, -0.15) is 0 Å². The second kappa shape index (κ2) is 5.19. The minimum atomic E-state index is 0.0421. The third-order valence-electron chi connectivity index (χ3n) is 3.46. The largest absolute Gasteiger partial charge is 0.384 e. The summed E-state index contributed by atoms with van der Waals surface area (Å²) < 4.78 is 0. The number of nitrogens with zero attached hydrogens (tertiary/aromatic N) is 1. The number of hydrogen-bond acceptors (Lipinski definition) is 2. The van der Waals surface area contributed by atoms with Gasteiger partial charge in [-0.3, -0.25) is 5.41 Å². The van der Waals surface area contributed by atoms with Crippen molar-refractivity contribution < 1.29 is 0 Å². The third kappa shape index (κ3) is 3.16. The molecular weight excluding hydrogens is 246 g/mol. The molecular formula is C14H22ClN3. The van der Waals surface area contributed by atoms with Crippen LogP contribution in [0.4, 0.5) is 5.69 Å². The summed E-state index contributed by atoms with van der Waals surface area (Å²) in [5, 5.41) is 8.25. The average Bonchev–Trinajstić information content (AvgIpc) is 2.25. The Labute approximate surface area is 114 Å². The molecule has 0 radical (unpaired) electrons. The topological polar surface area (TPSA) is 53.1 Å². The monoisotopic (exact) mass is 267 g/mol. The number of nitrogens with two attached hydrogens (primary N) is 1. The summed E-state index contributed by atoms with van der Waals surface area (Å²) in [6.07, 6.45) is 0. The van der Waals surface area contributed by atoms with E-state index in [1.165, 1.54) is 0 Å². The second-order valence-corrected chi connectivity index (χ2v) is 6.16. The van der Waals surface area contributed by atoms with Crippen LogP contribution in [0.15, 0.2) is 18.2 Å². The summed E-state index contributed by atoms with van der Waals surface area (Å²) in [4.78, 5) is 2.15. The van der Waals surface area contributed by atoms with Gasteiger partial charge in [0, 0.05) is 29.4 Å². The van der Waals surface area contributed by atoms with E-state index in [0.29, 0.717) is 16.6 Å². The van der Waals surface area contributed by atoms with E-state index >= 15 is 0 Å². The van der Waals surface area contributed by atoms with Gasteiger partial charge in [0.15, 0.2) is 0 Å². The van der Waals surface area contributed by atoms with Crippen molar-refractivity contribution in [3.63, 3.8) is 0 Å². The van der Waals surface area contributed by atoms with Crippen LogP contribution in [0.25, 0.3) is 0 Å². The van der Waals surface area contributed by atoms with Gasteiger partial charge in [-0.1, -0.05) is 32.4 Å². The molecule has 0 fully saturated rings. The van der Waals surface area contributed by atoms with Crippen LogP contribution in [0.2, 0.25) is 5.02 Å². The van der Waals surface area contributed by atoms with Gasteiger partial charge in [-0.05, 0) is 30.5 Å². The summed E-state index contributed by atoms with van der Waals surface area (Å²) in [5.41, 5.74) is 7.39. The van der Waals surface area contributed by atoms with E-state index in [1.807, 2.05) is 19.2 Å². The lowest BCUT2D eigenvalue weighted by molar-refractivity contribution is 0.329. The van der Waals surface area contributed by atoms with Crippen molar-refractivity contribution in [1.82, 2.24) is 0 Å². The Bertz CT molecular complexity index is 449. The van der Waals surface area contributed by atoms with Gasteiger partial charge < -0.3 is 10.6 Å². The van der Waals surface area contributed by atoms with Crippen LogP contribution in [0.1, 0.15) is 33.3 Å². The van der Waals surface area contributed by atoms with Gasteiger partial charge in [-0.25, -0.2) is 0 Å². The number of nitrogen functional groups attached to an aromatic ring is 1. The molecule has 3 nitrogen and oxygen atoms in total. The number of anilines is 1. The summed E-state index contributed by atoms with van der Waals surface area (Å²) in [6.45, 7) is 8.74. The molecule has 0 bridgehead atoms. The van der Waals surface area contributed by atoms with Gasteiger partial charge in [0.05, 0.1) is 0 Å². The second-order valence-electron chi connectivity index (χ2n) is 5.73. The first-order valence-electron chi connectivity index (χ1n) is 6.01. The highest BCUT2D eigenvalue weighted by Crippen LogP contribution is 2.30. The molecule has 18 heavy (non-hydrogen) atoms. The van der Waals surface area contributed by atoms with Crippen LogP contribution < -0.4 is 10.6 Å². The lowest BCUT2D eigenvalue weighted by atomic mass is 9.86. The fraction of sp³-hybridized carbons (Fsp3) is 0.500. The van der Waals surface area contributed by atoms with Crippen molar-refractivity contribution in [2.24, 2.45) is 11.1 Å². The smallest absolute Gasteiger partial charge is 0.124 e. The highest BCUT2D eigenvalue weighted by Gasteiger charge is 2.25. The Hall–Kier alpha value is -1.22. The zero-order valence-corrected chi connectivity index (χ0v) is 12.5. The number of benzene rings is 1. The third-order valence-corrected chi connectivity index (χ3v) is 3.70. The molecule has 0 aliphatic carbocycles. The van der Waals surface area contributed by atoms with Crippen molar-refractivity contribution in [2.45, 2.75) is 33.7 Å². The van der Waals surface area contributed by atoms with E-state index in [-0.39, 0.29) is 11.3 Å². The molecule has 0 aliphatic heterocycles. The normalized spacial score (nSPS) is 13.2. The Balaban J connectivity index is 3.21. The van der Waals surface area contributed by atoms with Crippen molar-refractivity contribution in [1.29, 1.82) is 5.41 Å². The van der Waals surface area contributed by atoms with Crippen molar-refractivity contribution in [3.8, 4) is 0 Å². The van der Waals surface area contributed by atoms with Gasteiger partial charge in [0.2, 0.25) is 0 Å². The summed E-state index contributed by atoms with van der Waals surface area (Å²) >= 11 is 5.96. The van der Waals surface area contributed by atoms with Crippen LogP contribution in [-0.2, 0) is 0 Å². The molecule has 100 valence electrons. The van der Waals surface area contributed by atoms with E-state index in [4.69, 9.17) is 22.7 Å². The van der Waals surface area contributed by atoms with E-state index in [1.54, 1.807) is 6.07 Å². The first-order chi connectivity index (χ1) is 8.14. The van der Waals surface area contributed by atoms with Gasteiger partial charge in [-0.15, -0.1) is 0 Å². The molecule has 0 heterocycles. The molecule has 0 amide bonds. The Kier molecular flexibility index (Phi) is 4.28. The maximum Gasteiger partial charge on any atom is 0.124 e. The Morgan fingerprint density at radius 1 is 1.39 bits per heavy atom. The van der Waals surface area contributed by atoms with E-state index in [9.17, 15) is 0 Å². The number of halogens is 1. The minimum Gasteiger partial charge on any atom is -0.384 e. The Morgan fingerprint density at radius 2 is 1.94 bits per heavy atom. The lowest BCUT2D eigenvalue weighted by Crippen LogP contribution is -2.40. The molecule has 0 saturated carbocycles. The quantitative estimate of drug-likeness (QED) is 0.651. The maximum atomic E-state index is 7.66. The fourth-order valence-electron chi connectivity index (χ4n) is 1.82. The summed E-state index contributed by atoms with van der Waals surface area (Å²) in [5.74, 6) is 0.0421. The van der Waals surface area contributed by atoms with E-state index < -0.39 is 0 Å². The molecule has 1 aromatic rings. The zero-order chi connectivity index (χ0) is 14.1. The molecule has 1 atom stereocenters. The molecule has 0 spiro atoms. The lowest BCUT2D eigenvalue weighted by Gasteiger charge is -2.37. The van der Waals surface area contributed by atoms with E-state index in [2.05, 4.69) is 32.6 Å². The van der Waals surface area contributed by atoms with Gasteiger partial charge >= 0.3 is 0 Å². The fourth-order valence-corrected chi connectivity index (χ4v) is 1.99. The van der Waals surface area contributed by atoms with Crippen molar-refractivity contribution in [3.05, 3.63) is 28.8 Å². The standard InChI is InChI=1S/C14H22ClN3/c1-9(14(2,3)4)18(5)12-7-6-10(15)8-11(12)13(16)17/h6-9H,1-5H3,(H3,16,17). The molecule has 0 saturated heterocycles. The Morgan fingerprint density at radius 3 is 2.39 bits per heavy atom. The molecule has 4 heteroatoms. The molecule has 0 aromatic heterocycles. The van der Waals surface area contributed by atoms with Crippen LogP contribution in [0.3, 0.4) is 0 Å². The first-order valence-corrected chi connectivity index (χ1v) is 6.39. The zero-order valence-electron chi connectivity index (χ0n) is 11.7. The predicted octanol–water partition coefficient (Wildman–Crippen LogP) is 3.49. The summed E-state index contributed by atoms with van der Waals surface area (Å²) in [7, 11) is 2.02. The number of amidine groups is 1. The SMILES string of the molecule is CC(N(C)c1ccc(Cl)cc1C(=N)N)C(C)(C)C. The molecule has 3 N–H and O–H groups in total. The minimum absolute atomic E-state index is 0.0421. The summed E-state index contributed by atoms with van der Waals surface area (Å²) in [6, 6.07) is 5.80. The van der Waals surface area contributed by atoms with Crippen LogP contribution in [0.5, 0.6) is 0 Å².